The third-order valence-corrected chi connectivity index (χ3v) is 3.78. The van der Waals surface area contributed by atoms with Gasteiger partial charge >= 0.3 is 6.09 Å². The summed E-state index contributed by atoms with van der Waals surface area (Å²) in [7, 11) is 0. The number of rotatable bonds is 4. The molecule has 6 heteroatoms. The average molecular weight is 317 g/mol. The van der Waals surface area contributed by atoms with E-state index >= 15 is 0 Å². The van der Waals surface area contributed by atoms with Crippen molar-refractivity contribution < 1.29 is 14.6 Å². The molecule has 0 unspecified atom stereocenters. The van der Waals surface area contributed by atoms with Gasteiger partial charge in [-0.05, 0) is 37.0 Å². The summed E-state index contributed by atoms with van der Waals surface area (Å²) in [6.45, 7) is 5.68. The lowest BCUT2D eigenvalue weighted by Crippen LogP contribution is -2.42. The van der Waals surface area contributed by atoms with Gasteiger partial charge in [0.25, 0.3) is 0 Å². The minimum absolute atomic E-state index is 0.128. The molecule has 124 valence electrons. The van der Waals surface area contributed by atoms with E-state index in [1.165, 1.54) is 6.07 Å². The maximum Gasteiger partial charge on any atom is 0.409 e. The smallest absolute Gasteiger partial charge is 0.409 e. The second-order valence-corrected chi connectivity index (χ2v) is 6.22. The number of nitriles is 1. The van der Waals surface area contributed by atoms with Crippen LogP contribution in [-0.4, -0.2) is 41.8 Å². The van der Waals surface area contributed by atoms with E-state index in [4.69, 9.17) is 10.00 Å². The standard InChI is InChI=1S/C17H23N3O3/c1-12(2)11-23-17(22)20-7-5-14(6-8-20)19-15-9-13(10-18)3-4-16(15)21/h3-4,9,12,14,19,21H,5-8,11H2,1-2H3. The van der Waals surface area contributed by atoms with E-state index in [2.05, 4.69) is 11.4 Å². The summed E-state index contributed by atoms with van der Waals surface area (Å²) in [4.78, 5) is 13.6. The van der Waals surface area contributed by atoms with Crippen LogP contribution in [0.4, 0.5) is 10.5 Å². The zero-order valence-electron chi connectivity index (χ0n) is 13.6. The van der Waals surface area contributed by atoms with Crippen LogP contribution in [0.25, 0.3) is 0 Å². The molecule has 1 aliphatic heterocycles. The van der Waals surface area contributed by atoms with Crippen molar-refractivity contribution in [3.8, 4) is 11.8 Å². The molecule has 0 radical (unpaired) electrons. The fourth-order valence-corrected chi connectivity index (χ4v) is 2.48. The predicted octanol–water partition coefficient (Wildman–Crippen LogP) is 2.93. The largest absolute Gasteiger partial charge is 0.506 e. The molecule has 1 heterocycles. The zero-order valence-corrected chi connectivity index (χ0v) is 13.6. The van der Waals surface area contributed by atoms with Gasteiger partial charge in [-0.15, -0.1) is 0 Å². The topological polar surface area (TPSA) is 85.6 Å². The van der Waals surface area contributed by atoms with E-state index in [0.717, 1.165) is 12.8 Å². The van der Waals surface area contributed by atoms with Gasteiger partial charge in [0.1, 0.15) is 5.75 Å². The summed E-state index contributed by atoms with van der Waals surface area (Å²) in [6.07, 6.45) is 1.28. The molecule has 2 rings (SSSR count). The molecule has 6 nitrogen and oxygen atoms in total. The van der Waals surface area contributed by atoms with Crippen LogP contribution in [0, 0.1) is 17.2 Å². The highest BCUT2D eigenvalue weighted by atomic mass is 16.6. The van der Waals surface area contributed by atoms with Crippen molar-refractivity contribution in [1.82, 2.24) is 4.90 Å². The third-order valence-electron chi connectivity index (χ3n) is 3.78. The van der Waals surface area contributed by atoms with Crippen LogP contribution in [0.5, 0.6) is 5.75 Å². The van der Waals surface area contributed by atoms with Gasteiger partial charge < -0.3 is 20.1 Å². The highest BCUT2D eigenvalue weighted by molar-refractivity contribution is 5.67. The summed E-state index contributed by atoms with van der Waals surface area (Å²) in [5.41, 5.74) is 1.06. The summed E-state index contributed by atoms with van der Waals surface area (Å²) in [6, 6.07) is 6.94. The average Bonchev–Trinajstić information content (AvgIpc) is 2.55. The monoisotopic (exact) mass is 317 g/mol. The van der Waals surface area contributed by atoms with Gasteiger partial charge in [0, 0.05) is 19.1 Å². The Bertz CT molecular complexity index is 587. The number of benzene rings is 1. The maximum absolute atomic E-state index is 11.9. The van der Waals surface area contributed by atoms with Crippen molar-refractivity contribution in [2.45, 2.75) is 32.7 Å². The highest BCUT2D eigenvalue weighted by Gasteiger charge is 2.24. The van der Waals surface area contributed by atoms with Gasteiger partial charge in [0.15, 0.2) is 0 Å². The van der Waals surface area contributed by atoms with Crippen LogP contribution in [-0.2, 0) is 4.74 Å². The summed E-state index contributed by atoms with van der Waals surface area (Å²) in [5, 5.41) is 22.0. The van der Waals surface area contributed by atoms with E-state index in [-0.39, 0.29) is 17.9 Å². The fraction of sp³-hybridized carbons (Fsp3) is 0.529. The van der Waals surface area contributed by atoms with Gasteiger partial charge in [-0.25, -0.2) is 4.79 Å². The van der Waals surface area contributed by atoms with Crippen molar-refractivity contribution in [2.24, 2.45) is 5.92 Å². The van der Waals surface area contributed by atoms with Crippen LogP contribution in [0.2, 0.25) is 0 Å². The lowest BCUT2D eigenvalue weighted by molar-refractivity contribution is 0.0845. The SMILES string of the molecule is CC(C)COC(=O)N1CCC(Nc2cc(C#N)ccc2O)CC1. The first-order valence-corrected chi connectivity index (χ1v) is 7.91. The van der Waals surface area contributed by atoms with E-state index in [9.17, 15) is 9.90 Å². The molecule has 1 aromatic rings. The number of carbonyl (C=O) groups excluding carboxylic acids is 1. The zero-order chi connectivity index (χ0) is 16.8. The van der Waals surface area contributed by atoms with Crippen LogP contribution >= 0.6 is 0 Å². The first kappa shape index (κ1) is 16.9. The summed E-state index contributed by atoms with van der Waals surface area (Å²) in [5.74, 6) is 0.455. The Morgan fingerprint density at radius 3 is 2.78 bits per heavy atom. The maximum atomic E-state index is 11.9. The molecule has 0 aliphatic carbocycles. The highest BCUT2D eigenvalue weighted by Crippen LogP contribution is 2.26. The van der Waals surface area contributed by atoms with Crippen molar-refractivity contribution in [1.29, 1.82) is 5.26 Å². The van der Waals surface area contributed by atoms with Crippen molar-refractivity contribution >= 4 is 11.8 Å². The number of hydrogen-bond acceptors (Lipinski definition) is 5. The molecular weight excluding hydrogens is 294 g/mol. The molecule has 0 bridgehead atoms. The van der Waals surface area contributed by atoms with Gasteiger partial charge in [-0.3, -0.25) is 0 Å². The minimum atomic E-state index is -0.258. The van der Waals surface area contributed by atoms with E-state index in [1.54, 1.807) is 17.0 Å². The van der Waals surface area contributed by atoms with Gasteiger partial charge in [0.2, 0.25) is 0 Å². The van der Waals surface area contributed by atoms with Crippen molar-refractivity contribution in [3.05, 3.63) is 23.8 Å². The number of ether oxygens (including phenoxy) is 1. The first-order valence-electron chi connectivity index (χ1n) is 7.91. The number of aromatic hydroxyl groups is 1. The summed E-state index contributed by atoms with van der Waals surface area (Å²) >= 11 is 0. The molecule has 1 aliphatic rings. The normalized spacial score (nSPS) is 15.3. The number of nitrogens with zero attached hydrogens (tertiary/aromatic N) is 2. The number of nitrogens with one attached hydrogen (secondary N) is 1. The minimum Gasteiger partial charge on any atom is -0.506 e. The Balaban J connectivity index is 1.85. The summed E-state index contributed by atoms with van der Waals surface area (Å²) < 4.78 is 5.24. The van der Waals surface area contributed by atoms with Crippen LogP contribution in [0.15, 0.2) is 18.2 Å². The number of carbonyl (C=O) groups is 1. The fourth-order valence-electron chi connectivity index (χ4n) is 2.48. The van der Waals surface area contributed by atoms with Crippen LogP contribution < -0.4 is 5.32 Å². The number of hydrogen-bond donors (Lipinski definition) is 2. The van der Waals surface area contributed by atoms with Gasteiger partial charge in [-0.2, -0.15) is 5.26 Å². The Hall–Kier alpha value is -2.42. The quantitative estimate of drug-likeness (QED) is 0.834. The number of phenolic OH excluding ortho intramolecular Hbond substituents is 1. The predicted molar refractivity (Wildman–Crippen MR) is 87.2 cm³/mol. The second-order valence-electron chi connectivity index (χ2n) is 6.22. The Labute approximate surface area is 136 Å². The molecule has 0 aromatic heterocycles. The number of phenols is 1. The van der Waals surface area contributed by atoms with Crippen molar-refractivity contribution in [3.63, 3.8) is 0 Å². The molecular formula is C17H23N3O3. The lowest BCUT2D eigenvalue weighted by atomic mass is 10.0. The number of likely N-dealkylation sites (tertiary alicyclic amines) is 1. The molecule has 0 spiro atoms. The molecule has 1 aromatic carbocycles. The molecule has 23 heavy (non-hydrogen) atoms. The molecule has 0 atom stereocenters. The number of anilines is 1. The molecule has 1 amide bonds. The first-order chi connectivity index (χ1) is 11.0. The van der Waals surface area contributed by atoms with Crippen molar-refractivity contribution in [2.75, 3.05) is 25.0 Å². The lowest BCUT2D eigenvalue weighted by Gasteiger charge is -2.32. The van der Waals surface area contributed by atoms with E-state index in [0.29, 0.717) is 36.9 Å². The Morgan fingerprint density at radius 1 is 1.48 bits per heavy atom. The van der Waals surface area contributed by atoms with E-state index in [1.807, 2.05) is 13.8 Å². The molecule has 1 fully saturated rings. The third kappa shape index (κ3) is 4.78. The molecule has 0 saturated carbocycles. The Kier molecular flexibility index (Phi) is 5.69. The molecule has 1 saturated heterocycles. The number of piperidine rings is 1. The second kappa shape index (κ2) is 7.73. The van der Waals surface area contributed by atoms with Gasteiger partial charge in [0.05, 0.1) is 23.9 Å². The van der Waals surface area contributed by atoms with Gasteiger partial charge in [-0.1, -0.05) is 13.8 Å². The number of amides is 1. The van der Waals surface area contributed by atoms with Crippen LogP contribution in [0.1, 0.15) is 32.3 Å². The van der Waals surface area contributed by atoms with E-state index < -0.39 is 0 Å². The molecule has 2 N–H and O–H groups in total. The van der Waals surface area contributed by atoms with Crippen LogP contribution in [0.3, 0.4) is 0 Å². The Morgan fingerprint density at radius 2 is 2.17 bits per heavy atom.